The third kappa shape index (κ3) is 7.04. The molecular formula is C15H23BrFNO. The van der Waals surface area contributed by atoms with E-state index < -0.39 is 0 Å². The number of hydrogen-bond donors (Lipinski definition) is 1. The quantitative estimate of drug-likeness (QED) is 0.692. The fourth-order valence-electron chi connectivity index (χ4n) is 2.15. The van der Waals surface area contributed by atoms with E-state index in [-0.39, 0.29) is 5.82 Å². The Hall–Kier alpha value is -0.450. The van der Waals surface area contributed by atoms with Gasteiger partial charge in [0.15, 0.2) is 0 Å². The van der Waals surface area contributed by atoms with Gasteiger partial charge in [0.25, 0.3) is 0 Å². The number of halogens is 2. The topological polar surface area (TPSA) is 21.3 Å². The van der Waals surface area contributed by atoms with Crippen LogP contribution in [-0.2, 0) is 11.2 Å². The van der Waals surface area contributed by atoms with Crippen molar-refractivity contribution in [2.45, 2.75) is 39.2 Å². The molecule has 1 atom stereocenters. The van der Waals surface area contributed by atoms with E-state index in [1.807, 2.05) is 13.0 Å². The zero-order valence-corrected chi connectivity index (χ0v) is 13.3. The molecule has 0 heterocycles. The molecule has 4 heteroatoms. The van der Waals surface area contributed by atoms with Gasteiger partial charge >= 0.3 is 0 Å². The third-order valence-electron chi connectivity index (χ3n) is 2.94. The van der Waals surface area contributed by atoms with Crippen molar-refractivity contribution in [1.29, 1.82) is 0 Å². The number of likely N-dealkylation sites (N-methyl/N-ethyl adjacent to an activating group) is 1. The van der Waals surface area contributed by atoms with Gasteiger partial charge in [0.2, 0.25) is 0 Å². The summed E-state index contributed by atoms with van der Waals surface area (Å²) in [5.74, 6) is -0.186. The highest BCUT2D eigenvalue weighted by atomic mass is 79.9. The Kier molecular flexibility index (Phi) is 8.26. The van der Waals surface area contributed by atoms with E-state index in [1.165, 1.54) is 6.07 Å². The smallest absolute Gasteiger partial charge is 0.124 e. The van der Waals surface area contributed by atoms with Crippen LogP contribution in [0.1, 0.15) is 32.3 Å². The van der Waals surface area contributed by atoms with Crippen molar-refractivity contribution in [3.05, 3.63) is 34.1 Å². The second-order valence-electron chi connectivity index (χ2n) is 4.58. The van der Waals surface area contributed by atoms with Crippen LogP contribution in [0.3, 0.4) is 0 Å². The first-order chi connectivity index (χ1) is 9.15. The average molecular weight is 332 g/mol. The average Bonchev–Trinajstić information content (AvgIpc) is 2.33. The van der Waals surface area contributed by atoms with Crippen molar-refractivity contribution in [3.63, 3.8) is 0 Å². The van der Waals surface area contributed by atoms with Crippen molar-refractivity contribution >= 4 is 15.9 Å². The first kappa shape index (κ1) is 16.6. The molecule has 0 amide bonds. The van der Waals surface area contributed by atoms with Crippen molar-refractivity contribution in [2.75, 3.05) is 19.8 Å². The molecule has 1 aromatic rings. The molecular weight excluding hydrogens is 309 g/mol. The summed E-state index contributed by atoms with van der Waals surface area (Å²) in [5, 5.41) is 3.45. The second kappa shape index (κ2) is 9.45. The summed E-state index contributed by atoms with van der Waals surface area (Å²) in [7, 11) is 0. The lowest BCUT2D eigenvalue weighted by Gasteiger charge is -2.18. The van der Waals surface area contributed by atoms with Crippen LogP contribution in [0.25, 0.3) is 0 Å². The molecule has 0 saturated heterocycles. The van der Waals surface area contributed by atoms with Crippen LogP contribution >= 0.6 is 15.9 Å². The summed E-state index contributed by atoms with van der Waals surface area (Å²) in [6, 6.07) is 5.45. The molecule has 0 aliphatic heterocycles. The fraction of sp³-hybridized carbons (Fsp3) is 0.600. The molecule has 19 heavy (non-hydrogen) atoms. The number of ether oxygens (including phenoxy) is 1. The summed E-state index contributed by atoms with van der Waals surface area (Å²) in [4.78, 5) is 0. The van der Waals surface area contributed by atoms with Crippen LogP contribution in [0.4, 0.5) is 4.39 Å². The Morgan fingerprint density at radius 3 is 2.74 bits per heavy atom. The Morgan fingerprint density at radius 2 is 2.11 bits per heavy atom. The van der Waals surface area contributed by atoms with Crippen molar-refractivity contribution in [1.82, 2.24) is 5.32 Å². The molecule has 1 rings (SSSR count). The van der Waals surface area contributed by atoms with Crippen LogP contribution in [0, 0.1) is 5.82 Å². The van der Waals surface area contributed by atoms with Gasteiger partial charge in [-0.05, 0) is 56.5 Å². The van der Waals surface area contributed by atoms with E-state index >= 15 is 0 Å². The molecule has 0 fully saturated rings. The van der Waals surface area contributed by atoms with Gasteiger partial charge < -0.3 is 10.1 Å². The number of rotatable bonds is 9. The van der Waals surface area contributed by atoms with Gasteiger partial charge in [-0.25, -0.2) is 4.39 Å². The van der Waals surface area contributed by atoms with Crippen molar-refractivity contribution in [3.8, 4) is 0 Å². The van der Waals surface area contributed by atoms with E-state index in [1.54, 1.807) is 6.07 Å². The number of nitrogens with one attached hydrogen (secondary N) is 1. The maximum atomic E-state index is 13.3. The predicted molar refractivity (Wildman–Crippen MR) is 81.0 cm³/mol. The van der Waals surface area contributed by atoms with Gasteiger partial charge in [0, 0.05) is 23.7 Å². The minimum atomic E-state index is -0.186. The summed E-state index contributed by atoms with van der Waals surface area (Å²) < 4.78 is 19.5. The highest BCUT2D eigenvalue weighted by Gasteiger charge is 2.09. The van der Waals surface area contributed by atoms with Crippen LogP contribution < -0.4 is 5.32 Å². The maximum absolute atomic E-state index is 13.3. The minimum absolute atomic E-state index is 0.186. The lowest BCUT2D eigenvalue weighted by Crippen LogP contribution is -2.31. The Balaban J connectivity index is 2.51. The van der Waals surface area contributed by atoms with Gasteiger partial charge in [0.05, 0.1) is 0 Å². The molecule has 108 valence electrons. The molecule has 0 aliphatic rings. The van der Waals surface area contributed by atoms with E-state index in [9.17, 15) is 4.39 Å². The SMILES string of the molecule is CCNC(CCCOCC)Cc1cc(F)cc(Br)c1. The predicted octanol–water partition coefficient (Wildman–Crippen LogP) is 3.93. The lowest BCUT2D eigenvalue weighted by atomic mass is 10.0. The third-order valence-corrected chi connectivity index (χ3v) is 3.40. The van der Waals surface area contributed by atoms with Gasteiger partial charge in [-0.1, -0.05) is 22.9 Å². The Morgan fingerprint density at radius 1 is 1.32 bits per heavy atom. The largest absolute Gasteiger partial charge is 0.382 e. The normalized spacial score (nSPS) is 12.6. The fourth-order valence-corrected chi connectivity index (χ4v) is 2.67. The van der Waals surface area contributed by atoms with Crippen LogP contribution in [-0.4, -0.2) is 25.8 Å². The minimum Gasteiger partial charge on any atom is -0.382 e. The zero-order valence-electron chi connectivity index (χ0n) is 11.7. The molecule has 1 unspecified atom stereocenters. The highest BCUT2D eigenvalue weighted by Crippen LogP contribution is 2.17. The molecule has 1 N–H and O–H groups in total. The van der Waals surface area contributed by atoms with E-state index in [2.05, 4.69) is 28.2 Å². The van der Waals surface area contributed by atoms with Crippen molar-refractivity contribution in [2.24, 2.45) is 0 Å². The molecule has 0 aliphatic carbocycles. The molecule has 2 nitrogen and oxygen atoms in total. The molecule has 0 radical (unpaired) electrons. The zero-order chi connectivity index (χ0) is 14.1. The second-order valence-corrected chi connectivity index (χ2v) is 5.49. The molecule has 0 bridgehead atoms. The summed E-state index contributed by atoms with van der Waals surface area (Å²) in [5.41, 5.74) is 1.02. The van der Waals surface area contributed by atoms with Gasteiger partial charge in [-0.15, -0.1) is 0 Å². The number of benzene rings is 1. The maximum Gasteiger partial charge on any atom is 0.124 e. The Bertz CT molecular complexity index is 353. The van der Waals surface area contributed by atoms with E-state index in [0.717, 1.165) is 49.1 Å². The number of hydrogen-bond acceptors (Lipinski definition) is 2. The van der Waals surface area contributed by atoms with Crippen LogP contribution in [0.5, 0.6) is 0 Å². The highest BCUT2D eigenvalue weighted by molar-refractivity contribution is 9.10. The first-order valence-corrected chi connectivity index (χ1v) is 7.71. The van der Waals surface area contributed by atoms with Crippen molar-refractivity contribution < 1.29 is 9.13 Å². The van der Waals surface area contributed by atoms with Crippen LogP contribution in [0.15, 0.2) is 22.7 Å². The molecule has 0 saturated carbocycles. The summed E-state index contributed by atoms with van der Waals surface area (Å²) >= 11 is 3.33. The van der Waals surface area contributed by atoms with Gasteiger partial charge in [0.1, 0.15) is 5.82 Å². The summed E-state index contributed by atoms with van der Waals surface area (Å²) in [6.45, 7) is 6.59. The molecule has 0 aromatic heterocycles. The summed E-state index contributed by atoms with van der Waals surface area (Å²) in [6.07, 6.45) is 2.92. The monoisotopic (exact) mass is 331 g/mol. The van der Waals surface area contributed by atoms with Gasteiger partial charge in [-0.2, -0.15) is 0 Å². The van der Waals surface area contributed by atoms with E-state index in [4.69, 9.17) is 4.74 Å². The first-order valence-electron chi connectivity index (χ1n) is 6.91. The van der Waals surface area contributed by atoms with Crippen LogP contribution in [0.2, 0.25) is 0 Å². The lowest BCUT2D eigenvalue weighted by molar-refractivity contribution is 0.141. The molecule has 1 aromatic carbocycles. The standard InChI is InChI=1S/C15H23BrFNO/c1-3-18-15(6-5-7-19-4-2)10-12-8-13(16)11-14(17)9-12/h8-9,11,15,18H,3-7,10H2,1-2H3. The van der Waals surface area contributed by atoms with Gasteiger partial charge in [-0.3, -0.25) is 0 Å². The Labute approximate surface area is 123 Å². The molecule has 0 spiro atoms. The van der Waals surface area contributed by atoms with E-state index in [0.29, 0.717) is 6.04 Å².